The molecular weight excluding hydrogens is 238 g/mol. The lowest BCUT2D eigenvalue weighted by atomic mass is 10.3. The molecule has 88 valence electrons. The van der Waals surface area contributed by atoms with Crippen molar-refractivity contribution in [3.8, 4) is 5.88 Å². The van der Waals surface area contributed by atoms with E-state index in [2.05, 4.69) is 15.3 Å². The van der Waals surface area contributed by atoms with Crippen LogP contribution < -0.4 is 10.1 Å². The Kier molecular flexibility index (Phi) is 2.82. The molecule has 2 heterocycles. The normalized spacial score (nSPS) is 19.7. The summed E-state index contributed by atoms with van der Waals surface area (Å²) in [6, 6.07) is 7.62. The molecule has 2 aromatic rings. The Morgan fingerprint density at radius 1 is 1.24 bits per heavy atom. The lowest BCUT2D eigenvalue weighted by molar-refractivity contribution is 0.214. The monoisotopic (exact) mass is 249 g/mol. The smallest absolute Gasteiger partial charge is 0.253 e. The van der Waals surface area contributed by atoms with Gasteiger partial charge in [-0.3, -0.25) is 0 Å². The highest BCUT2D eigenvalue weighted by Gasteiger charge is 2.18. The van der Waals surface area contributed by atoms with Gasteiger partial charge in [-0.05, 0) is 25.1 Å². The molecule has 1 aromatic heterocycles. The first-order chi connectivity index (χ1) is 8.33. The second-order valence-corrected chi connectivity index (χ2v) is 4.40. The van der Waals surface area contributed by atoms with E-state index in [0.717, 1.165) is 30.5 Å². The van der Waals surface area contributed by atoms with Gasteiger partial charge in [-0.25, -0.2) is 9.97 Å². The number of halogens is 1. The molecule has 1 aromatic carbocycles. The summed E-state index contributed by atoms with van der Waals surface area (Å²) in [6.07, 6.45) is 1.12. The van der Waals surface area contributed by atoms with Crippen LogP contribution in [0.5, 0.6) is 5.88 Å². The molecule has 1 fully saturated rings. The van der Waals surface area contributed by atoms with E-state index >= 15 is 0 Å². The van der Waals surface area contributed by atoms with Gasteiger partial charge in [0.15, 0.2) is 5.15 Å². The van der Waals surface area contributed by atoms with Gasteiger partial charge in [0.05, 0.1) is 11.0 Å². The zero-order valence-corrected chi connectivity index (χ0v) is 9.94. The fraction of sp³-hybridized carbons (Fsp3) is 0.333. The van der Waals surface area contributed by atoms with Gasteiger partial charge in [-0.1, -0.05) is 23.7 Å². The maximum atomic E-state index is 6.06. The Bertz CT molecular complexity index is 540. The number of benzene rings is 1. The molecule has 0 amide bonds. The number of ether oxygens (including phenoxy) is 1. The predicted molar refractivity (Wildman–Crippen MR) is 66.5 cm³/mol. The van der Waals surface area contributed by atoms with Crippen LogP contribution in [0.25, 0.3) is 11.0 Å². The summed E-state index contributed by atoms with van der Waals surface area (Å²) in [5.41, 5.74) is 1.59. The van der Waals surface area contributed by atoms with E-state index in [-0.39, 0.29) is 6.10 Å². The Balaban J connectivity index is 1.95. The Morgan fingerprint density at radius 3 is 2.71 bits per heavy atom. The van der Waals surface area contributed by atoms with Gasteiger partial charge >= 0.3 is 0 Å². The van der Waals surface area contributed by atoms with Gasteiger partial charge < -0.3 is 10.1 Å². The topological polar surface area (TPSA) is 47.0 Å². The van der Waals surface area contributed by atoms with Gasteiger partial charge in [0.1, 0.15) is 6.10 Å². The van der Waals surface area contributed by atoms with Crippen molar-refractivity contribution in [2.24, 2.45) is 0 Å². The predicted octanol–water partition coefficient (Wildman–Crippen LogP) is 2.02. The van der Waals surface area contributed by atoms with Crippen molar-refractivity contribution in [1.82, 2.24) is 15.3 Å². The van der Waals surface area contributed by atoms with Gasteiger partial charge in [-0.2, -0.15) is 0 Å². The summed E-state index contributed by atoms with van der Waals surface area (Å²) in [5.74, 6) is 0.430. The molecule has 1 atom stereocenters. The molecule has 0 bridgehead atoms. The van der Waals surface area contributed by atoms with Crippen LogP contribution in [0.3, 0.4) is 0 Å². The molecular formula is C12H12ClN3O. The minimum atomic E-state index is 0.142. The Labute approximate surface area is 104 Å². The van der Waals surface area contributed by atoms with Gasteiger partial charge in [0, 0.05) is 6.54 Å². The van der Waals surface area contributed by atoms with Gasteiger partial charge in [-0.15, -0.1) is 0 Å². The first-order valence-electron chi connectivity index (χ1n) is 5.62. The molecule has 1 N–H and O–H groups in total. The molecule has 1 aliphatic rings. The number of nitrogens with zero attached hydrogens (tertiary/aromatic N) is 2. The molecule has 0 aliphatic carbocycles. The number of nitrogens with one attached hydrogen (secondary N) is 1. The maximum absolute atomic E-state index is 6.06. The molecule has 0 saturated carbocycles. The fourth-order valence-corrected chi connectivity index (χ4v) is 2.10. The van der Waals surface area contributed by atoms with Crippen LogP contribution in [0, 0.1) is 0 Å². The third-order valence-electron chi connectivity index (χ3n) is 2.79. The van der Waals surface area contributed by atoms with E-state index in [0.29, 0.717) is 11.0 Å². The minimum absolute atomic E-state index is 0.142. The highest BCUT2D eigenvalue weighted by atomic mass is 35.5. The second-order valence-electron chi connectivity index (χ2n) is 4.04. The zero-order valence-electron chi connectivity index (χ0n) is 9.19. The van der Waals surface area contributed by atoms with Crippen molar-refractivity contribution >= 4 is 22.6 Å². The third kappa shape index (κ3) is 2.18. The summed E-state index contributed by atoms with van der Waals surface area (Å²) >= 11 is 6.06. The minimum Gasteiger partial charge on any atom is -0.471 e. The summed E-state index contributed by atoms with van der Waals surface area (Å²) in [4.78, 5) is 8.67. The third-order valence-corrected chi connectivity index (χ3v) is 3.04. The Morgan fingerprint density at radius 2 is 2.00 bits per heavy atom. The number of hydrogen-bond donors (Lipinski definition) is 1. The van der Waals surface area contributed by atoms with Crippen molar-refractivity contribution in [2.75, 3.05) is 13.1 Å². The quantitative estimate of drug-likeness (QED) is 0.885. The highest BCUT2D eigenvalue weighted by molar-refractivity contribution is 6.31. The van der Waals surface area contributed by atoms with Crippen LogP contribution >= 0.6 is 11.6 Å². The number of rotatable bonds is 2. The molecule has 0 radical (unpaired) electrons. The largest absolute Gasteiger partial charge is 0.471 e. The van der Waals surface area contributed by atoms with Crippen molar-refractivity contribution in [3.05, 3.63) is 29.4 Å². The molecule has 17 heavy (non-hydrogen) atoms. The van der Waals surface area contributed by atoms with Crippen molar-refractivity contribution < 1.29 is 4.74 Å². The fourth-order valence-electron chi connectivity index (χ4n) is 1.92. The van der Waals surface area contributed by atoms with Crippen molar-refractivity contribution in [3.63, 3.8) is 0 Å². The first-order valence-corrected chi connectivity index (χ1v) is 6.00. The average Bonchev–Trinajstić information content (AvgIpc) is 2.83. The first kappa shape index (κ1) is 10.7. The molecule has 1 saturated heterocycles. The van der Waals surface area contributed by atoms with Crippen LogP contribution in [0.15, 0.2) is 24.3 Å². The highest BCUT2D eigenvalue weighted by Crippen LogP contribution is 2.24. The maximum Gasteiger partial charge on any atom is 0.253 e. The molecule has 1 aliphatic heterocycles. The van der Waals surface area contributed by atoms with E-state index in [1.807, 2.05) is 24.3 Å². The van der Waals surface area contributed by atoms with Crippen LogP contribution in [-0.4, -0.2) is 29.2 Å². The number of aromatic nitrogens is 2. The summed E-state index contributed by atoms with van der Waals surface area (Å²) in [6.45, 7) is 1.81. The van der Waals surface area contributed by atoms with Gasteiger partial charge in [0.25, 0.3) is 5.88 Å². The van der Waals surface area contributed by atoms with E-state index in [1.54, 1.807) is 0 Å². The molecule has 3 rings (SSSR count). The summed E-state index contributed by atoms with van der Waals surface area (Å²) in [7, 11) is 0. The van der Waals surface area contributed by atoms with Crippen molar-refractivity contribution in [1.29, 1.82) is 0 Å². The second kappa shape index (κ2) is 4.47. The lowest BCUT2D eigenvalue weighted by Crippen LogP contribution is -2.20. The number of hydrogen-bond acceptors (Lipinski definition) is 4. The standard InChI is InChI=1S/C12H12ClN3O/c13-11-12(17-8-5-6-14-7-8)16-10-4-2-1-3-9(10)15-11/h1-4,8,14H,5-7H2/t8-/m0/s1. The SMILES string of the molecule is Clc1nc2ccccc2nc1O[C@H]1CCNC1. The molecule has 5 heteroatoms. The van der Waals surface area contributed by atoms with Crippen LogP contribution in [0.1, 0.15) is 6.42 Å². The summed E-state index contributed by atoms with van der Waals surface area (Å²) in [5, 5.41) is 3.56. The molecule has 0 spiro atoms. The Hall–Kier alpha value is -1.39. The molecule has 4 nitrogen and oxygen atoms in total. The number of fused-ring (bicyclic) bond motifs is 1. The van der Waals surface area contributed by atoms with Gasteiger partial charge in [0.2, 0.25) is 0 Å². The van der Waals surface area contributed by atoms with Crippen LogP contribution in [0.4, 0.5) is 0 Å². The van der Waals surface area contributed by atoms with E-state index in [1.165, 1.54) is 0 Å². The lowest BCUT2D eigenvalue weighted by Gasteiger charge is -2.12. The zero-order chi connectivity index (χ0) is 11.7. The van der Waals surface area contributed by atoms with E-state index < -0.39 is 0 Å². The van der Waals surface area contributed by atoms with E-state index in [9.17, 15) is 0 Å². The van der Waals surface area contributed by atoms with Crippen molar-refractivity contribution in [2.45, 2.75) is 12.5 Å². The molecule has 0 unspecified atom stereocenters. The van der Waals surface area contributed by atoms with Crippen LogP contribution in [0.2, 0.25) is 5.15 Å². The number of para-hydroxylation sites is 2. The van der Waals surface area contributed by atoms with Crippen LogP contribution in [-0.2, 0) is 0 Å². The summed E-state index contributed by atoms with van der Waals surface area (Å²) < 4.78 is 5.75. The average molecular weight is 250 g/mol. The van der Waals surface area contributed by atoms with E-state index in [4.69, 9.17) is 16.3 Å².